The third-order valence-corrected chi connectivity index (χ3v) is 3.38. The van der Waals surface area contributed by atoms with Crippen LogP contribution in [0.2, 0.25) is 12.1 Å². The summed E-state index contributed by atoms with van der Waals surface area (Å²) < 4.78 is 0. The van der Waals surface area contributed by atoms with Gasteiger partial charge >= 0.3 is 0 Å². The summed E-state index contributed by atoms with van der Waals surface area (Å²) in [6, 6.07) is 0. The second-order valence-corrected chi connectivity index (χ2v) is 4.80. The number of rotatable bonds is 1. The Labute approximate surface area is 72.0 Å². The zero-order chi connectivity index (χ0) is 8.43. The van der Waals surface area contributed by atoms with Crippen molar-refractivity contribution >= 4 is 7.28 Å². The standard InChI is InChI=1S/C10H21B/c1-7(2)10-5-9(4)11-6-8(10)3/h7-11H,5-6H2,1-4H3. The van der Waals surface area contributed by atoms with Gasteiger partial charge in [0.2, 0.25) is 0 Å². The molecular formula is C10H21B. The molecule has 0 aromatic carbocycles. The zero-order valence-corrected chi connectivity index (χ0v) is 8.43. The fraction of sp³-hybridized carbons (Fsp3) is 1.00. The molecule has 1 rings (SSSR count). The van der Waals surface area contributed by atoms with Crippen molar-refractivity contribution in [1.82, 2.24) is 0 Å². The maximum Gasteiger partial charge on any atom is 0.124 e. The fourth-order valence-electron chi connectivity index (χ4n) is 2.51. The molecule has 1 heterocycles. The van der Waals surface area contributed by atoms with Gasteiger partial charge in [0.1, 0.15) is 7.28 Å². The molecule has 0 radical (unpaired) electrons. The molecule has 3 atom stereocenters. The fourth-order valence-corrected chi connectivity index (χ4v) is 2.51. The molecule has 1 aliphatic rings. The highest BCUT2D eigenvalue weighted by atomic mass is 14.3. The second-order valence-electron chi connectivity index (χ2n) is 4.80. The van der Waals surface area contributed by atoms with Crippen molar-refractivity contribution < 1.29 is 0 Å². The van der Waals surface area contributed by atoms with Crippen molar-refractivity contribution in [3.63, 3.8) is 0 Å². The van der Waals surface area contributed by atoms with Crippen LogP contribution in [0.1, 0.15) is 34.1 Å². The zero-order valence-electron chi connectivity index (χ0n) is 8.43. The minimum Gasteiger partial charge on any atom is -0.0744 e. The molecule has 64 valence electrons. The summed E-state index contributed by atoms with van der Waals surface area (Å²) in [4.78, 5) is 0. The largest absolute Gasteiger partial charge is 0.124 e. The molecule has 0 amide bonds. The lowest BCUT2D eigenvalue weighted by Gasteiger charge is -2.34. The van der Waals surface area contributed by atoms with E-state index in [0.717, 1.165) is 23.6 Å². The molecule has 1 fully saturated rings. The van der Waals surface area contributed by atoms with Crippen LogP contribution < -0.4 is 0 Å². The molecular weight excluding hydrogens is 131 g/mol. The second kappa shape index (κ2) is 3.64. The van der Waals surface area contributed by atoms with Crippen LogP contribution >= 0.6 is 0 Å². The summed E-state index contributed by atoms with van der Waals surface area (Å²) in [5.41, 5.74) is 0. The van der Waals surface area contributed by atoms with Crippen LogP contribution in [-0.2, 0) is 0 Å². The summed E-state index contributed by atoms with van der Waals surface area (Å²) in [7, 11) is 1.46. The molecule has 0 bridgehead atoms. The van der Waals surface area contributed by atoms with E-state index in [1.54, 1.807) is 0 Å². The van der Waals surface area contributed by atoms with E-state index in [1.165, 1.54) is 20.0 Å². The number of hydrogen-bond acceptors (Lipinski definition) is 0. The first-order valence-corrected chi connectivity index (χ1v) is 5.11. The van der Waals surface area contributed by atoms with Crippen molar-refractivity contribution in [3.8, 4) is 0 Å². The molecule has 0 saturated carbocycles. The normalized spacial score (nSPS) is 38.8. The van der Waals surface area contributed by atoms with E-state index in [0.29, 0.717) is 0 Å². The maximum absolute atomic E-state index is 2.43. The van der Waals surface area contributed by atoms with Gasteiger partial charge in [-0.05, 0) is 17.8 Å². The van der Waals surface area contributed by atoms with E-state index >= 15 is 0 Å². The van der Waals surface area contributed by atoms with Crippen LogP contribution in [0.25, 0.3) is 0 Å². The van der Waals surface area contributed by atoms with Gasteiger partial charge in [0.15, 0.2) is 0 Å². The summed E-state index contributed by atoms with van der Waals surface area (Å²) in [5.74, 6) is 3.86. The van der Waals surface area contributed by atoms with Crippen LogP contribution in [-0.4, -0.2) is 7.28 Å². The Bertz CT molecular complexity index is 120. The van der Waals surface area contributed by atoms with Crippen molar-refractivity contribution in [1.29, 1.82) is 0 Å². The third kappa shape index (κ3) is 2.25. The quantitative estimate of drug-likeness (QED) is 0.506. The molecule has 0 N–H and O–H groups in total. The van der Waals surface area contributed by atoms with E-state index in [4.69, 9.17) is 0 Å². The van der Waals surface area contributed by atoms with Gasteiger partial charge < -0.3 is 0 Å². The maximum atomic E-state index is 2.43. The van der Waals surface area contributed by atoms with Gasteiger partial charge in [0.25, 0.3) is 0 Å². The summed E-state index contributed by atoms with van der Waals surface area (Å²) in [6.45, 7) is 9.58. The van der Waals surface area contributed by atoms with E-state index in [9.17, 15) is 0 Å². The highest BCUT2D eigenvalue weighted by molar-refractivity contribution is 6.37. The van der Waals surface area contributed by atoms with Crippen LogP contribution in [0, 0.1) is 17.8 Å². The number of hydrogen-bond donors (Lipinski definition) is 0. The first kappa shape index (κ1) is 9.16. The molecule has 1 aliphatic heterocycles. The SMILES string of the molecule is CC1BCC(C)C(C(C)C)C1. The average molecular weight is 152 g/mol. The third-order valence-electron chi connectivity index (χ3n) is 3.38. The Morgan fingerprint density at radius 3 is 2.36 bits per heavy atom. The lowest BCUT2D eigenvalue weighted by atomic mass is 9.50. The molecule has 3 unspecified atom stereocenters. The Kier molecular flexibility index (Phi) is 3.03. The Hall–Kier alpha value is 0.0649. The van der Waals surface area contributed by atoms with Crippen molar-refractivity contribution in [2.75, 3.05) is 0 Å². The topological polar surface area (TPSA) is 0 Å². The molecule has 0 aromatic heterocycles. The van der Waals surface area contributed by atoms with Crippen LogP contribution in [0.15, 0.2) is 0 Å². The summed E-state index contributed by atoms with van der Waals surface area (Å²) in [6.07, 6.45) is 2.93. The molecule has 0 nitrogen and oxygen atoms in total. The lowest BCUT2D eigenvalue weighted by molar-refractivity contribution is 0.253. The summed E-state index contributed by atoms with van der Waals surface area (Å²) >= 11 is 0. The summed E-state index contributed by atoms with van der Waals surface area (Å²) in [5, 5.41) is 0. The van der Waals surface area contributed by atoms with Crippen LogP contribution in [0.3, 0.4) is 0 Å². The Morgan fingerprint density at radius 1 is 1.27 bits per heavy atom. The Balaban J connectivity index is 2.47. The smallest absolute Gasteiger partial charge is 0.0744 e. The average Bonchev–Trinajstić information content (AvgIpc) is 1.94. The predicted octanol–water partition coefficient (Wildman–Crippen LogP) is 2.96. The lowest BCUT2D eigenvalue weighted by Crippen LogP contribution is -2.27. The predicted molar refractivity (Wildman–Crippen MR) is 53.5 cm³/mol. The van der Waals surface area contributed by atoms with E-state index in [2.05, 4.69) is 27.7 Å². The van der Waals surface area contributed by atoms with E-state index in [-0.39, 0.29) is 0 Å². The van der Waals surface area contributed by atoms with Gasteiger partial charge in [-0.1, -0.05) is 46.3 Å². The van der Waals surface area contributed by atoms with Crippen molar-refractivity contribution in [3.05, 3.63) is 0 Å². The van der Waals surface area contributed by atoms with Gasteiger partial charge in [-0.2, -0.15) is 0 Å². The van der Waals surface area contributed by atoms with E-state index < -0.39 is 0 Å². The van der Waals surface area contributed by atoms with Gasteiger partial charge in [0.05, 0.1) is 0 Å². The Morgan fingerprint density at radius 2 is 1.91 bits per heavy atom. The van der Waals surface area contributed by atoms with Crippen molar-refractivity contribution in [2.24, 2.45) is 17.8 Å². The molecule has 0 spiro atoms. The minimum absolute atomic E-state index is 0.896. The molecule has 0 aliphatic carbocycles. The first-order chi connectivity index (χ1) is 5.11. The molecule has 0 aromatic rings. The molecule has 1 saturated heterocycles. The van der Waals surface area contributed by atoms with Gasteiger partial charge in [-0.15, -0.1) is 0 Å². The van der Waals surface area contributed by atoms with Gasteiger partial charge in [0, 0.05) is 0 Å². The first-order valence-electron chi connectivity index (χ1n) is 5.11. The van der Waals surface area contributed by atoms with Gasteiger partial charge in [-0.3, -0.25) is 0 Å². The van der Waals surface area contributed by atoms with Gasteiger partial charge in [-0.25, -0.2) is 0 Å². The molecule has 11 heavy (non-hydrogen) atoms. The van der Waals surface area contributed by atoms with Crippen LogP contribution in [0.5, 0.6) is 0 Å². The monoisotopic (exact) mass is 152 g/mol. The van der Waals surface area contributed by atoms with Crippen LogP contribution in [0.4, 0.5) is 0 Å². The highest BCUT2D eigenvalue weighted by Gasteiger charge is 2.27. The van der Waals surface area contributed by atoms with Crippen molar-refractivity contribution in [2.45, 2.75) is 46.3 Å². The van der Waals surface area contributed by atoms with E-state index in [1.807, 2.05) is 0 Å². The molecule has 1 heteroatoms. The minimum atomic E-state index is 0.896. The highest BCUT2D eigenvalue weighted by Crippen LogP contribution is 2.36.